The van der Waals surface area contributed by atoms with Crippen molar-refractivity contribution in [3.63, 3.8) is 0 Å². The van der Waals surface area contributed by atoms with Gasteiger partial charge in [-0.2, -0.15) is 0 Å². The maximum Gasteiger partial charge on any atom is 0.165 e. The summed E-state index contributed by atoms with van der Waals surface area (Å²) in [5.74, 6) is 1.65. The highest BCUT2D eigenvalue weighted by molar-refractivity contribution is 9.08. The second kappa shape index (κ2) is 5.59. The smallest absolute Gasteiger partial charge is 0.165 e. The average Bonchev–Trinajstić information content (AvgIpc) is 2.72. The van der Waals surface area contributed by atoms with Crippen LogP contribution >= 0.6 is 39.1 Å². The van der Waals surface area contributed by atoms with E-state index in [9.17, 15) is 0 Å². The SMILES string of the molecule is CC(C)n1c(CBr)nnc1-c1ccc(Cl)cc1Cl. The second-order valence-corrected chi connectivity index (χ2v) is 5.57. The number of halogens is 3. The molecule has 1 heterocycles. The molecule has 2 aromatic rings. The largest absolute Gasteiger partial charge is 0.308 e. The molecule has 0 radical (unpaired) electrons. The summed E-state index contributed by atoms with van der Waals surface area (Å²) in [5.41, 5.74) is 0.842. The second-order valence-electron chi connectivity index (χ2n) is 4.16. The molecule has 18 heavy (non-hydrogen) atoms. The van der Waals surface area contributed by atoms with Gasteiger partial charge < -0.3 is 4.57 Å². The minimum absolute atomic E-state index is 0.259. The Kier molecular flexibility index (Phi) is 4.30. The molecule has 2 rings (SSSR count). The lowest BCUT2D eigenvalue weighted by Gasteiger charge is -2.13. The molecular weight excluding hydrogens is 337 g/mol. The lowest BCUT2D eigenvalue weighted by Crippen LogP contribution is -2.07. The molecular formula is C12H12BrCl2N3. The van der Waals surface area contributed by atoms with Crippen molar-refractivity contribution in [2.24, 2.45) is 0 Å². The van der Waals surface area contributed by atoms with E-state index in [0.717, 1.165) is 17.2 Å². The van der Waals surface area contributed by atoms with Gasteiger partial charge in [0.15, 0.2) is 5.82 Å². The van der Waals surface area contributed by atoms with Crippen molar-refractivity contribution in [2.75, 3.05) is 0 Å². The van der Waals surface area contributed by atoms with Gasteiger partial charge in [0, 0.05) is 16.6 Å². The number of nitrogens with zero attached hydrogens (tertiary/aromatic N) is 3. The average molecular weight is 349 g/mol. The van der Waals surface area contributed by atoms with E-state index in [1.54, 1.807) is 12.1 Å². The van der Waals surface area contributed by atoms with E-state index in [-0.39, 0.29) is 6.04 Å². The molecule has 0 aliphatic carbocycles. The fourth-order valence-electron chi connectivity index (χ4n) is 1.81. The van der Waals surface area contributed by atoms with E-state index in [0.29, 0.717) is 15.4 Å². The van der Waals surface area contributed by atoms with Crippen LogP contribution in [0.25, 0.3) is 11.4 Å². The molecule has 96 valence electrons. The van der Waals surface area contributed by atoms with Crippen LogP contribution in [0.4, 0.5) is 0 Å². The molecule has 0 aliphatic heterocycles. The lowest BCUT2D eigenvalue weighted by molar-refractivity contribution is 0.586. The topological polar surface area (TPSA) is 30.7 Å². The summed E-state index contributed by atoms with van der Waals surface area (Å²) >= 11 is 15.5. The third-order valence-electron chi connectivity index (χ3n) is 2.57. The maximum atomic E-state index is 6.22. The summed E-state index contributed by atoms with van der Waals surface area (Å²) in [6.45, 7) is 4.17. The van der Waals surface area contributed by atoms with Gasteiger partial charge in [0.2, 0.25) is 0 Å². The number of aromatic nitrogens is 3. The summed E-state index contributed by atoms with van der Waals surface area (Å²) in [6, 6.07) is 5.64. The Morgan fingerprint density at radius 1 is 1.28 bits per heavy atom. The van der Waals surface area contributed by atoms with Crippen LogP contribution in [0.3, 0.4) is 0 Å². The van der Waals surface area contributed by atoms with Gasteiger partial charge in [-0.05, 0) is 32.0 Å². The van der Waals surface area contributed by atoms with Crippen molar-refractivity contribution in [3.05, 3.63) is 34.1 Å². The first kappa shape index (κ1) is 13.8. The van der Waals surface area contributed by atoms with Crippen molar-refractivity contribution in [1.29, 1.82) is 0 Å². The molecule has 1 aromatic carbocycles. The van der Waals surface area contributed by atoms with E-state index in [1.165, 1.54) is 0 Å². The first-order valence-electron chi connectivity index (χ1n) is 5.49. The summed E-state index contributed by atoms with van der Waals surface area (Å²) in [5, 5.41) is 10.2. The molecule has 0 saturated heterocycles. The summed E-state index contributed by atoms with van der Waals surface area (Å²) in [7, 11) is 0. The van der Waals surface area contributed by atoms with Crippen LogP contribution in [0.15, 0.2) is 18.2 Å². The predicted molar refractivity (Wildman–Crippen MR) is 78.5 cm³/mol. The fourth-order valence-corrected chi connectivity index (χ4v) is 2.69. The highest BCUT2D eigenvalue weighted by Crippen LogP contribution is 2.31. The van der Waals surface area contributed by atoms with Gasteiger partial charge in [0.05, 0.1) is 10.4 Å². The van der Waals surface area contributed by atoms with Crippen molar-refractivity contribution >= 4 is 39.1 Å². The molecule has 0 atom stereocenters. The van der Waals surface area contributed by atoms with E-state index < -0.39 is 0 Å². The van der Waals surface area contributed by atoms with Gasteiger partial charge in [-0.1, -0.05) is 39.1 Å². The minimum atomic E-state index is 0.259. The quantitative estimate of drug-likeness (QED) is 0.751. The van der Waals surface area contributed by atoms with Gasteiger partial charge in [-0.3, -0.25) is 0 Å². The van der Waals surface area contributed by atoms with Crippen molar-refractivity contribution in [2.45, 2.75) is 25.2 Å². The van der Waals surface area contributed by atoms with E-state index in [2.05, 4.69) is 44.5 Å². The first-order chi connectivity index (χ1) is 8.54. The van der Waals surface area contributed by atoms with Crippen molar-refractivity contribution in [1.82, 2.24) is 14.8 Å². The van der Waals surface area contributed by atoms with Crippen molar-refractivity contribution < 1.29 is 0 Å². The molecule has 0 fully saturated rings. The lowest BCUT2D eigenvalue weighted by atomic mass is 10.2. The number of alkyl halides is 1. The van der Waals surface area contributed by atoms with Crippen LogP contribution in [0.2, 0.25) is 10.0 Å². The van der Waals surface area contributed by atoms with Crippen LogP contribution in [0.1, 0.15) is 25.7 Å². The zero-order valence-electron chi connectivity index (χ0n) is 9.99. The number of benzene rings is 1. The Balaban J connectivity index is 2.60. The monoisotopic (exact) mass is 347 g/mol. The van der Waals surface area contributed by atoms with Crippen molar-refractivity contribution in [3.8, 4) is 11.4 Å². The van der Waals surface area contributed by atoms with E-state index in [4.69, 9.17) is 23.2 Å². The standard InChI is InChI=1S/C12H12BrCl2N3/c1-7(2)18-11(6-13)16-17-12(18)9-4-3-8(14)5-10(9)15/h3-5,7H,6H2,1-2H3. The van der Waals surface area contributed by atoms with Crippen LogP contribution in [-0.2, 0) is 5.33 Å². The maximum absolute atomic E-state index is 6.22. The Bertz CT molecular complexity index is 566. The highest BCUT2D eigenvalue weighted by atomic mass is 79.9. The molecule has 1 aromatic heterocycles. The zero-order chi connectivity index (χ0) is 13.3. The van der Waals surface area contributed by atoms with Crippen LogP contribution < -0.4 is 0 Å². The van der Waals surface area contributed by atoms with Gasteiger partial charge in [-0.15, -0.1) is 10.2 Å². The number of rotatable bonds is 3. The third-order valence-corrected chi connectivity index (χ3v) is 3.62. The Morgan fingerprint density at radius 3 is 2.56 bits per heavy atom. The van der Waals surface area contributed by atoms with Crippen LogP contribution in [-0.4, -0.2) is 14.8 Å². The molecule has 0 amide bonds. The molecule has 0 bridgehead atoms. The molecule has 3 nitrogen and oxygen atoms in total. The Hall–Kier alpha value is -0.580. The minimum Gasteiger partial charge on any atom is -0.308 e. The van der Waals surface area contributed by atoms with E-state index >= 15 is 0 Å². The molecule has 6 heteroatoms. The summed E-state index contributed by atoms with van der Waals surface area (Å²) < 4.78 is 2.06. The molecule has 0 spiro atoms. The van der Waals surface area contributed by atoms with E-state index in [1.807, 2.05) is 6.07 Å². The molecule has 0 aliphatic rings. The molecule has 0 unspecified atom stereocenters. The van der Waals surface area contributed by atoms with Gasteiger partial charge >= 0.3 is 0 Å². The van der Waals surface area contributed by atoms with Crippen LogP contribution in [0.5, 0.6) is 0 Å². The summed E-state index contributed by atoms with van der Waals surface area (Å²) in [4.78, 5) is 0. The number of hydrogen-bond donors (Lipinski definition) is 0. The van der Waals surface area contributed by atoms with Gasteiger partial charge in [0.1, 0.15) is 5.82 Å². The normalized spacial score (nSPS) is 11.2. The Labute approximate surface area is 124 Å². The Morgan fingerprint density at radius 2 is 2.00 bits per heavy atom. The fraction of sp³-hybridized carbons (Fsp3) is 0.333. The molecule has 0 saturated carbocycles. The van der Waals surface area contributed by atoms with Gasteiger partial charge in [-0.25, -0.2) is 0 Å². The predicted octanol–water partition coefficient (Wildman–Crippen LogP) is 4.73. The first-order valence-corrected chi connectivity index (χ1v) is 7.37. The zero-order valence-corrected chi connectivity index (χ0v) is 13.1. The summed E-state index contributed by atoms with van der Waals surface area (Å²) in [6.07, 6.45) is 0. The highest BCUT2D eigenvalue weighted by Gasteiger charge is 2.17. The van der Waals surface area contributed by atoms with Crippen LogP contribution in [0, 0.1) is 0 Å². The number of hydrogen-bond acceptors (Lipinski definition) is 2. The van der Waals surface area contributed by atoms with Gasteiger partial charge in [0.25, 0.3) is 0 Å². The third kappa shape index (κ3) is 2.56. The molecule has 0 N–H and O–H groups in total.